The molecule has 33 heavy (non-hydrogen) atoms. The Morgan fingerprint density at radius 3 is 1.70 bits per heavy atom. The standard InChI is InChI=1S/C28H33BS4/c1-12-10-18(28(7,8)9)11-19(13(12)2)22-26(32)21(17(6)25(31)27(22)33)20-14(3)15(4)24(30)23(29)16(20)5/h10-11,30-33H,1-9H3. The van der Waals surface area contributed by atoms with Gasteiger partial charge >= 0.3 is 0 Å². The predicted octanol–water partition coefficient (Wildman–Crippen LogP) is 8.12. The number of hydrogen-bond donors (Lipinski definition) is 4. The third-order valence-corrected chi connectivity index (χ3v) is 9.25. The van der Waals surface area contributed by atoms with Gasteiger partial charge in [0.25, 0.3) is 0 Å². The summed E-state index contributed by atoms with van der Waals surface area (Å²) in [5.74, 6) is 0. The Bertz CT molecular complexity index is 1270. The van der Waals surface area contributed by atoms with Crippen LogP contribution >= 0.6 is 50.5 Å². The molecule has 172 valence electrons. The average molecular weight is 509 g/mol. The Hall–Kier alpha value is -0.875. The zero-order valence-corrected chi connectivity index (χ0v) is 24.6. The van der Waals surface area contributed by atoms with Gasteiger partial charge in [-0.25, -0.2) is 0 Å². The molecule has 0 aliphatic heterocycles. The maximum absolute atomic E-state index is 6.48. The topological polar surface area (TPSA) is 0 Å². The molecule has 0 nitrogen and oxygen atoms in total. The molecule has 2 radical (unpaired) electrons. The molecule has 3 aromatic rings. The summed E-state index contributed by atoms with van der Waals surface area (Å²) in [5.41, 5.74) is 13.2. The van der Waals surface area contributed by atoms with E-state index in [1.807, 2.05) is 0 Å². The van der Waals surface area contributed by atoms with Gasteiger partial charge in [-0.15, -0.1) is 50.5 Å². The lowest BCUT2D eigenvalue weighted by molar-refractivity contribution is 0.589. The van der Waals surface area contributed by atoms with E-state index >= 15 is 0 Å². The number of rotatable bonds is 2. The van der Waals surface area contributed by atoms with Crippen LogP contribution in [0.1, 0.15) is 59.7 Å². The van der Waals surface area contributed by atoms with Gasteiger partial charge in [0.2, 0.25) is 0 Å². The van der Waals surface area contributed by atoms with Crippen LogP contribution in [-0.2, 0) is 5.41 Å². The molecule has 0 aromatic heterocycles. The first-order chi connectivity index (χ1) is 15.1. The zero-order valence-electron chi connectivity index (χ0n) is 21.0. The SMILES string of the molecule is [B]c1c(C)c(-c2c(C)c(S)c(S)c(-c3cc(C(C)(C)C)cc(C)c3C)c2S)c(C)c(C)c1S. The van der Waals surface area contributed by atoms with E-state index in [1.165, 1.54) is 16.7 Å². The molecule has 0 N–H and O–H groups in total. The summed E-state index contributed by atoms with van der Waals surface area (Å²) in [6.45, 7) is 19.4. The van der Waals surface area contributed by atoms with Gasteiger partial charge in [0.1, 0.15) is 7.85 Å². The maximum Gasteiger partial charge on any atom is 0.115 e. The number of thiol groups is 4. The lowest BCUT2D eigenvalue weighted by Crippen LogP contribution is -2.15. The van der Waals surface area contributed by atoms with Crippen molar-refractivity contribution in [1.82, 2.24) is 0 Å². The van der Waals surface area contributed by atoms with Crippen molar-refractivity contribution in [2.75, 3.05) is 0 Å². The molecule has 0 unspecified atom stereocenters. The first-order valence-corrected chi connectivity index (χ1v) is 12.9. The summed E-state index contributed by atoms with van der Waals surface area (Å²) in [5, 5.41) is 0. The summed E-state index contributed by atoms with van der Waals surface area (Å²) < 4.78 is 0. The molecular weight excluding hydrogens is 475 g/mol. The molecule has 0 spiro atoms. The Balaban J connectivity index is 2.53. The number of hydrogen-bond acceptors (Lipinski definition) is 4. The van der Waals surface area contributed by atoms with Crippen molar-refractivity contribution in [2.24, 2.45) is 0 Å². The normalized spacial score (nSPS) is 11.9. The van der Waals surface area contributed by atoms with Crippen molar-refractivity contribution in [3.8, 4) is 22.3 Å². The highest BCUT2D eigenvalue weighted by atomic mass is 32.1. The Morgan fingerprint density at radius 1 is 0.576 bits per heavy atom. The van der Waals surface area contributed by atoms with Crippen molar-refractivity contribution >= 4 is 63.8 Å². The van der Waals surface area contributed by atoms with Crippen LogP contribution in [0.25, 0.3) is 22.3 Å². The molecule has 0 saturated carbocycles. The van der Waals surface area contributed by atoms with Gasteiger partial charge in [-0.05, 0) is 97.0 Å². The van der Waals surface area contributed by atoms with Crippen LogP contribution in [0.15, 0.2) is 31.7 Å². The monoisotopic (exact) mass is 508 g/mol. The van der Waals surface area contributed by atoms with Gasteiger partial charge in [0.05, 0.1) is 0 Å². The molecule has 0 bridgehead atoms. The highest BCUT2D eigenvalue weighted by Gasteiger charge is 2.25. The van der Waals surface area contributed by atoms with E-state index in [0.717, 1.165) is 64.1 Å². The first kappa shape index (κ1) is 26.7. The lowest BCUT2D eigenvalue weighted by atomic mass is 9.79. The van der Waals surface area contributed by atoms with Crippen molar-refractivity contribution in [3.05, 3.63) is 51.1 Å². The van der Waals surface area contributed by atoms with Crippen molar-refractivity contribution in [2.45, 2.75) is 87.3 Å². The minimum atomic E-state index is 0.0270. The molecule has 0 amide bonds. The molecule has 0 saturated heterocycles. The minimum absolute atomic E-state index is 0.0270. The Labute approximate surface area is 223 Å². The van der Waals surface area contributed by atoms with Gasteiger partial charge < -0.3 is 0 Å². The molecule has 3 rings (SSSR count). The lowest BCUT2D eigenvalue weighted by Gasteiger charge is -2.27. The van der Waals surface area contributed by atoms with Crippen LogP contribution in [0.2, 0.25) is 0 Å². The summed E-state index contributed by atoms with van der Waals surface area (Å²) in [7, 11) is 6.48. The fraction of sp³-hybridized carbons (Fsp3) is 0.357. The van der Waals surface area contributed by atoms with Gasteiger partial charge in [0.15, 0.2) is 0 Å². The van der Waals surface area contributed by atoms with Crippen LogP contribution in [0, 0.1) is 41.5 Å². The first-order valence-electron chi connectivity index (χ1n) is 11.1. The highest BCUT2D eigenvalue weighted by molar-refractivity contribution is 7.84. The maximum atomic E-state index is 6.48. The van der Waals surface area contributed by atoms with Crippen LogP contribution in [0.3, 0.4) is 0 Å². The van der Waals surface area contributed by atoms with E-state index in [0.29, 0.717) is 5.46 Å². The second kappa shape index (κ2) is 9.30. The third-order valence-electron chi connectivity index (χ3n) is 7.04. The number of aryl methyl sites for hydroxylation is 1. The fourth-order valence-corrected chi connectivity index (χ4v) is 6.04. The Morgan fingerprint density at radius 2 is 1.15 bits per heavy atom. The van der Waals surface area contributed by atoms with E-state index in [4.69, 9.17) is 45.7 Å². The average Bonchev–Trinajstić information content (AvgIpc) is 2.73. The zero-order chi connectivity index (χ0) is 25.2. The van der Waals surface area contributed by atoms with E-state index in [9.17, 15) is 0 Å². The molecule has 0 aliphatic rings. The van der Waals surface area contributed by atoms with Crippen LogP contribution in [0.5, 0.6) is 0 Å². The summed E-state index contributed by atoms with van der Waals surface area (Å²) in [6, 6.07) is 4.58. The molecule has 0 atom stereocenters. The van der Waals surface area contributed by atoms with Crippen LogP contribution < -0.4 is 5.46 Å². The summed E-state index contributed by atoms with van der Waals surface area (Å²) >= 11 is 19.7. The highest BCUT2D eigenvalue weighted by Crippen LogP contribution is 2.48. The second-order valence-corrected chi connectivity index (χ2v) is 11.9. The van der Waals surface area contributed by atoms with Crippen molar-refractivity contribution < 1.29 is 0 Å². The van der Waals surface area contributed by atoms with E-state index in [1.54, 1.807) is 0 Å². The van der Waals surface area contributed by atoms with Gasteiger partial charge in [-0.3, -0.25) is 0 Å². The van der Waals surface area contributed by atoms with Crippen molar-refractivity contribution in [3.63, 3.8) is 0 Å². The fourth-order valence-electron chi connectivity index (χ4n) is 4.48. The van der Waals surface area contributed by atoms with Gasteiger partial charge in [-0.2, -0.15) is 0 Å². The van der Waals surface area contributed by atoms with Gasteiger partial charge in [-0.1, -0.05) is 38.4 Å². The largest absolute Gasteiger partial charge is 0.144 e. The number of benzene rings is 3. The third kappa shape index (κ3) is 4.44. The molecule has 0 fully saturated rings. The molecule has 5 heteroatoms. The molecule has 0 aliphatic carbocycles. The van der Waals surface area contributed by atoms with E-state index < -0.39 is 0 Å². The summed E-state index contributed by atoms with van der Waals surface area (Å²) in [6.07, 6.45) is 0. The van der Waals surface area contributed by atoms with Crippen LogP contribution in [-0.4, -0.2) is 7.85 Å². The van der Waals surface area contributed by atoms with Crippen LogP contribution in [0.4, 0.5) is 0 Å². The smallest absolute Gasteiger partial charge is 0.115 e. The molecule has 3 aromatic carbocycles. The quantitative estimate of drug-likeness (QED) is 0.195. The van der Waals surface area contributed by atoms with Gasteiger partial charge in [0, 0.05) is 30.7 Å². The van der Waals surface area contributed by atoms with Crippen molar-refractivity contribution in [1.29, 1.82) is 0 Å². The molecule has 0 heterocycles. The minimum Gasteiger partial charge on any atom is -0.144 e. The summed E-state index contributed by atoms with van der Waals surface area (Å²) in [4.78, 5) is 3.46. The molecular formula is C28H33BS4. The predicted molar refractivity (Wildman–Crippen MR) is 159 cm³/mol. The van der Waals surface area contributed by atoms with E-state index in [2.05, 4.69) is 87.1 Å². The second-order valence-electron chi connectivity index (χ2n) is 10.1. The Kier molecular flexibility index (Phi) is 7.53. The van der Waals surface area contributed by atoms with E-state index in [-0.39, 0.29) is 5.41 Å².